The Labute approximate surface area is 116 Å². The summed E-state index contributed by atoms with van der Waals surface area (Å²) in [5.74, 6) is -1.38. The Hall–Kier alpha value is -1.45. The van der Waals surface area contributed by atoms with E-state index in [4.69, 9.17) is 5.11 Å². The molecule has 0 aliphatic heterocycles. The summed E-state index contributed by atoms with van der Waals surface area (Å²) in [4.78, 5) is 10.9. The number of hydrogen-bond donors (Lipinski definition) is 4. The largest absolute Gasteiger partial charge is 0.478 e. The fourth-order valence-corrected chi connectivity index (χ4v) is 3.53. The minimum Gasteiger partial charge on any atom is -0.478 e. The van der Waals surface area contributed by atoms with Crippen molar-refractivity contribution >= 4 is 16.0 Å². The van der Waals surface area contributed by atoms with Gasteiger partial charge in [-0.2, -0.15) is 5.10 Å². The average Bonchev–Trinajstić information content (AvgIpc) is 2.88. The van der Waals surface area contributed by atoms with Gasteiger partial charge in [-0.25, -0.2) is 17.9 Å². The van der Waals surface area contributed by atoms with Gasteiger partial charge < -0.3 is 10.2 Å². The second kappa shape index (κ2) is 5.51. The summed E-state index contributed by atoms with van der Waals surface area (Å²) in [5.41, 5.74) is -1.48. The lowest BCUT2D eigenvalue weighted by molar-refractivity contribution is 0.00944. The molecule has 1 heterocycles. The van der Waals surface area contributed by atoms with Crippen molar-refractivity contribution in [1.82, 2.24) is 14.9 Å². The first-order chi connectivity index (χ1) is 9.34. The second-order valence-corrected chi connectivity index (χ2v) is 6.73. The van der Waals surface area contributed by atoms with Crippen LogP contribution < -0.4 is 4.72 Å². The van der Waals surface area contributed by atoms with Gasteiger partial charge in [-0.1, -0.05) is 19.3 Å². The first-order valence-electron chi connectivity index (χ1n) is 6.33. The van der Waals surface area contributed by atoms with E-state index in [0.717, 1.165) is 25.5 Å². The lowest BCUT2D eigenvalue weighted by Gasteiger charge is -2.31. The average molecular weight is 303 g/mol. The summed E-state index contributed by atoms with van der Waals surface area (Å²) in [5, 5.41) is 24.2. The summed E-state index contributed by atoms with van der Waals surface area (Å²) in [7, 11) is -4.04. The highest BCUT2D eigenvalue weighted by Gasteiger charge is 2.32. The molecule has 0 saturated heterocycles. The van der Waals surface area contributed by atoms with Crippen molar-refractivity contribution in [2.75, 3.05) is 6.54 Å². The molecule has 1 aromatic heterocycles. The second-order valence-electron chi connectivity index (χ2n) is 5.03. The van der Waals surface area contributed by atoms with Crippen LogP contribution in [0.15, 0.2) is 11.2 Å². The Morgan fingerprint density at radius 1 is 1.40 bits per heavy atom. The molecule has 9 heteroatoms. The van der Waals surface area contributed by atoms with Gasteiger partial charge in [0.2, 0.25) is 0 Å². The van der Waals surface area contributed by atoms with Crippen molar-refractivity contribution in [2.24, 2.45) is 0 Å². The number of carbonyl (C=O) groups is 1. The molecule has 1 saturated carbocycles. The summed E-state index contributed by atoms with van der Waals surface area (Å²) in [6.45, 7) is -0.132. The van der Waals surface area contributed by atoms with E-state index in [1.54, 1.807) is 0 Å². The number of aliphatic hydroxyl groups is 1. The van der Waals surface area contributed by atoms with Gasteiger partial charge in [0.25, 0.3) is 10.0 Å². The number of carboxylic acid groups (broad SMARTS) is 1. The zero-order valence-electron chi connectivity index (χ0n) is 10.8. The van der Waals surface area contributed by atoms with Crippen molar-refractivity contribution in [3.8, 4) is 0 Å². The van der Waals surface area contributed by atoms with Gasteiger partial charge in [0, 0.05) is 6.54 Å². The van der Waals surface area contributed by atoms with Crippen LogP contribution in [0.3, 0.4) is 0 Å². The van der Waals surface area contributed by atoms with Crippen LogP contribution in [0, 0.1) is 0 Å². The maximum absolute atomic E-state index is 12.0. The van der Waals surface area contributed by atoms with Crippen molar-refractivity contribution in [2.45, 2.75) is 42.7 Å². The molecule has 0 bridgehead atoms. The van der Waals surface area contributed by atoms with Crippen LogP contribution in [0.1, 0.15) is 42.5 Å². The van der Waals surface area contributed by atoms with E-state index in [-0.39, 0.29) is 6.54 Å². The fourth-order valence-electron chi connectivity index (χ4n) is 2.32. The van der Waals surface area contributed by atoms with Crippen molar-refractivity contribution in [1.29, 1.82) is 0 Å². The van der Waals surface area contributed by atoms with Crippen LogP contribution in [-0.2, 0) is 10.0 Å². The van der Waals surface area contributed by atoms with Crippen LogP contribution in [0.4, 0.5) is 0 Å². The molecule has 0 unspecified atom stereocenters. The molecule has 1 aromatic rings. The Morgan fingerprint density at radius 3 is 2.65 bits per heavy atom. The molecule has 0 aromatic carbocycles. The number of rotatable bonds is 5. The standard InChI is InChI=1S/C11H17N3O5S/c15-10(16)8-6-12-14-9(8)20(18,19)13-7-11(17)4-2-1-3-5-11/h6,13,17H,1-5,7H2,(H,12,14)(H,15,16). The third kappa shape index (κ3) is 3.17. The number of nitrogens with zero attached hydrogens (tertiary/aromatic N) is 1. The molecule has 4 N–H and O–H groups in total. The molecule has 0 amide bonds. The van der Waals surface area contributed by atoms with E-state index >= 15 is 0 Å². The van der Waals surface area contributed by atoms with Crippen molar-refractivity contribution < 1.29 is 23.4 Å². The quantitative estimate of drug-likeness (QED) is 0.609. The first kappa shape index (κ1) is 14.9. The molecule has 0 spiro atoms. The topological polar surface area (TPSA) is 132 Å². The SMILES string of the molecule is O=C(O)c1cn[nH]c1S(=O)(=O)NCC1(O)CCCCC1. The molecule has 2 rings (SSSR count). The normalized spacial score (nSPS) is 18.9. The lowest BCUT2D eigenvalue weighted by atomic mass is 9.85. The third-order valence-electron chi connectivity index (χ3n) is 3.48. The minimum absolute atomic E-state index is 0.132. The Bertz CT molecular complexity index is 589. The van der Waals surface area contributed by atoms with E-state index < -0.39 is 32.2 Å². The molecule has 0 radical (unpaired) electrons. The number of nitrogens with one attached hydrogen (secondary N) is 2. The van der Waals surface area contributed by atoms with E-state index in [1.807, 2.05) is 0 Å². The molecule has 8 nitrogen and oxygen atoms in total. The van der Waals surface area contributed by atoms with Crippen molar-refractivity contribution in [3.63, 3.8) is 0 Å². The van der Waals surface area contributed by atoms with E-state index in [2.05, 4.69) is 14.9 Å². The fraction of sp³-hybridized carbons (Fsp3) is 0.636. The summed E-state index contributed by atoms with van der Waals surface area (Å²) < 4.78 is 26.3. The number of sulfonamides is 1. The van der Waals surface area contributed by atoms with Crippen LogP contribution in [0.2, 0.25) is 0 Å². The predicted octanol–water partition coefficient (Wildman–Crippen LogP) is 0.0814. The maximum Gasteiger partial charge on any atom is 0.340 e. The summed E-state index contributed by atoms with van der Waals surface area (Å²) in [6, 6.07) is 0. The van der Waals surface area contributed by atoms with Gasteiger partial charge >= 0.3 is 5.97 Å². The van der Waals surface area contributed by atoms with Crippen LogP contribution in [-0.4, -0.2) is 46.9 Å². The molecule has 1 aliphatic carbocycles. The Morgan fingerprint density at radius 2 is 2.05 bits per heavy atom. The monoisotopic (exact) mass is 303 g/mol. The molecule has 20 heavy (non-hydrogen) atoms. The molecule has 0 atom stereocenters. The molecule has 1 aliphatic rings. The van der Waals surface area contributed by atoms with Gasteiger partial charge in [-0.15, -0.1) is 0 Å². The van der Waals surface area contributed by atoms with E-state index in [1.165, 1.54) is 0 Å². The van der Waals surface area contributed by atoms with Gasteiger partial charge in [0.15, 0.2) is 5.03 Å². The van der Waals surface area contributed by atoms with Gasteiger partial charge in [0.05, 0.1) is 11.8 Å². The summed E-state index contributed by atoms with van der Waals surface area (Å²) in [6.07, 6.45) is 4.73. The van der Waals surface area contributed by atoms with Gasteiger partial charge in [-0.3, -0.25) is 5.10 Å². The van der Waals surface area contributed by atoms with Gasteiger partial charge in [-0.05, 0) is 12.8 Å². The molecular weight excluding hydrogens is 286 g/mol. The maximum atomic E-state index is 12.0. The van der Waals surface area contributed by atoms with Crippen LogP contribution in [0.25, 0.3) is 0 Å². The minimum atomic E-state index is -4.04. The highest BCUT2D eigenvalue weighted by molar-refractivity contribution is 7.89. The van der Waals surface area contributed by atoms with E-state index in [0.29, 0.717) is 12.8 Å². The first-order valence-corrected chi connectivity index (χ1v) is 7.81. The molecule has 112 valence electrons. The number of aromatic amines is 1. The Balaban J connectivity index is 2.11. The number of aromatic nitrogens is 2. The van der Waals surface area contributed by atoms with Crippen molar-refractivity contribution in [3.05, 3.63) is 11.8 Å². The summed E-state index contributed by atoms with van der Waals surface area (Å²) >= 11 is 0. The zero-order valence-corrected chi connectivity index (χ0v) is 11.6. The highest BCUT2D eigenvalue weighted by atomic mass is 32.2. The number of aromatic carboxylic acids is 1. The van der Waals surface area contributed by atoms with Crippen LogP contribution >= 0.6 is 0 Å². The number of H-pyrrole nitrogens is 1. The number of hydrogen-bond acceptors (Lipinski definition) is 5. The lowest BCUT2D eigenvalue weighted by Crippen LogP contribution is -2.44. The molecular formula is C11H17N3O5S. The Kier molecular flexibility index (Phi) is 4.11. The number of carboxylic acids is 1. The highest BCUT2D eigenvalue weighted by Crippen LogP contribution is 2.27. The zero-order chi connectivity index (χ0) is 14.8. The smallest absolute Gasteiger partial charge is 0.340 e. The van der Waals surface area contributed by atoms with Crippen LogP contribution in [0.5, 0.6) is 0 Å². The molecule has 1 fully saturated rings. The predicted molar refractivity (Wildman–Crippen MR) is 68.8 cm³/mol. The van der Waals surface area contributed by atoms with E-state index in [9.17, 15) is 18.3 Å². The van der Waals surface area contributed by atoms with Gasteiger partial charge in [0.1, 0.15) is 5.56 Å². The third-order valence-corrected chi connectivity index (χ3v) is 4.85.